The van der Waals surface area contributed by atoms with Crippen LogP contribution in [-0.2, 0) is 0 Å². The maximum absolute atomic E-state index is 11.1. The molecular formula is C14H20N4O2. The minimum Gasteiger partial charge on any atom is -0.373 e. The van der Waals surface area contributed by atoms with Crippen LogP contribution in [0.5, 0.6) is 0 Å². The van der Waals surface area contributed by atoms with Crippen molar-refractivity contribution in [2.75, 3.05) is 24.2 Å². The molecule has 2 bridgehead atoms. The number of fused-ring (bicyclic) bond motifs is 2. The number of pyridine rings is 1. The Kier molecular flexibility index (Phi) is 3.46. The zero-order chi connectivity index (χ0) is 14.1. The molecule has 6 nitrogen and oxygen atoms in total. The van der Waals surface area contributed by atoms with Gasteiger partial charge in [0.2, 0.25) is 5.82 Å². The zero-order valence-electron chi connectivity index (χ0n) is 11.6. The molecule has 3 atom stereocenters. The minimum atomic E-state index is -0.379. The third kappa shape index (κ3) is 2.42. The van der Waals surface area contributed by atoms with Gasteiger partial charge in [0.05, 0.1) is 4.92 Å². The van der Waals surface area contributed by atoms with Gasteiger partial charge in [0.25, 0.3) is 0 Å². The van der Waals surface area contributed by atoms with Crippen LogP contribution < -0.4 is 10.6 Å². The lowest BCUT2D eigenvalue weighted by atomic mass is 9.89. The Morgan fingerprint density at radius 3 is 2.85 bits per heavy atom. The molecule has 0 aromatic carbocycles. The number of rotatable bonds is 5. The molecule has 1 heterocycles. The van der Waals surface area contributed by atoms with Gasteiger partial charge in [0.15, 0.2) is 0 Å². The van der Waals surface area contributed by atoms with Crippen LogP contribution >= 0.6 is 0 Å². The standard InChI is InChI=1S/C14H20N4O2/c1-15-13-5-4-12(18(19)20)14(17-13)16-8-11-7-9-2-3-10(11)6-9/h4-5,9-11H,2-3,6-8H2,1H3,(H2,15,16,17). The first-order chi connectivity index (χ1) is 9.67. The van der Waals surface area contributed by atoms with E-state index in [1.54, 1.807) is 13.1 Å². The van der Waals surface area contributed by atoms with Gasteiger partial charge < -0.3 is 10.6 Å². The van der Waals surface area contributed by atoms with E-state index in [4.69, 9.17) is 0 Å². The Morgan fingerprint density at radius 2 is 2.25 bits per heavy atom. The summed E-state index contributed by atoms with van der Waals surface area (Å²) in [5.74, 6) is 3.36. The molecule has 0 amide bonds. The topological polar surface area (TPSA) is 80.1 Å². The third-order valence-corrected chi connectivity index (χ3v) is 4.74. The van der Waals surface area contributed by atoms with Crippen LogP contribution in [0.3, 0.4) is 0 Å². The Morgan fingerprint density at radius 1 is 1.40 bits per heavy atom. The normalized spacial score (nSPS) is 27.6. The van der Waals surface area contributed by atoms with Crippen LogP contribution in [0.4, 0.5) is 17.3 Å². The highest BCUT2D eigenvalue weighted by atomic mass is 16.6. The van der Waals surface area contributed by atoms with E-state index in [2.05, 4.69) is 15.6 Å². The summed E-state index contributed by atoms with van der Waals surface area (Å²) in [7, 11) is 1.76. The molecule has 1 aromatic rings. The van der Waals surface area contributed by atoms with Gasteiger partial charge in [-0.2, -0.15) is 0 Å². The second kappa shape index (κ2) is 5.26. The molecular weight excluding hydrogens is 256 g/mol. The molecule has 6 heteroatoms. The highest BCUT2D eigenvalue weighted by Crippen LogP contribution is 2.48. The molecule has 0 spiro atoms. The van der Waals surface area contributed by atoms with Crippen molar-refractivity contribution in [3.63, 3.8) is 0 Å². The van der Waals surface area contributed by atoms with E-state index in [0.717, 1.165) is 18.4 Å². The Hall–Kier alpha value is -1.85. The average Bonchev–Trinajstić information content (AvgIpc) is 3.07. The van der Waals surface area contributed by atoms with Gasteiger partial charge in [-0.25, -0.2) is 4.98 Å². The molecule has 2 aliphatic carbocycles. The lowest BCUT2D eigenvalue weighted by Crippen LogP contribution is -2.21. The van der Waals surface area contributed by atoms with E-state index in [0.29, 0.717) is 17.6 Å². The van der Waals surface area contributed by atoms with E-state index in [9.17, 15) is 10.1 Å². The van der Waals surface area contributed by atoms with Gasteiger partial charge in [0.1, 0.15) is 5.82 Å². The van der Waals surface area contributed by atoms with Gasteiger partial charge in [-0.05, 0) is 43.1 Å². The smallest absolute Gasteiger partial charge is 0.311 e. The molecule has 2 fully saturated rings. The van der Waals surface area contributed by atoms with Gasteiger partial charge in [0, 0.05) is 19.7 Å². The lowest BCUT2D eigenvalue weighted by Gasteiger charge is -2.22. The van der Waals surface area contributed by atoms with Gasteiger partial charge in [-0.3, -0.25) is 10.1 Å². The molecule has 2 aliphatic rings. The summed E-state index contributed by atoms with van der Waals surface area (Å²) >= 11 is 0. The van der Waals surface area contributed by atoms with Crippen LogP contribution in [0, 0.1) is 27.9 Å². The molecule has 3 rings (SSSR count). The molecule has 0 radical (unpaired) electrons. The van der Waals surface area contributed by atoms with Crippen molar-refractivity contribution in [1.82, 2.24) is 4.98 Å². The second-order valence-electron chi connectivity index (χ2n) is 5.89. The lowest BCUT2D eigenvalue weighted by molar-refractivity contribution is -0.384. The number of anilines is 2. The predicted molar refractivity (Wildman–Crippen MR) is 77.9 cm³/mol. The SMILES string of the molecule is CNc1ccc([N+](=O)[O-])c(NCC2CC3CCC2C3)n1. The van der Waals surface area contributed by atoms with E-state index in [1.807, 2.05) is 0 Å². The molecule has 0 saturated heterocycles. The number of nitro groups is 1. The average molecular weight is 276 g/mol. The number of hydrogen-bond acceptors (Lipinski definition) is 5. The van der Waals surface area contributed by atoms with Crippen molar-refractivity contribution >= 4 is 17.3 Å². The third-order valence-electron chi connectivity index (χ3n) is 4.74. The summed E-state index contributed by atoms with van der Waals surface area (Å²) in [6.45, 7) is 0.794. The van der Waals surface area contributed by atoms with E-state index in [1.165, 1.54) is 31.7 Å². The first-order valence-corrected chi connectivity index (χ1v) is 7.24. The summed E-state index contributed by atoms with van der Waals surface area (Å²) in [6.07, 6.45) is 5.30. The number of nitrogens with zero attached hydrogens (tertiary/aromatic N) is 2. The maximum Gasteiger partial charge on any atom is 0.311 e. The van der Waals surface area contributed by atoms with Crippen LogP contribution in [0.1, 0.15) is 25.7 Å². The molecule has 3 unspecified atom stereocenters. The zero-order valence-corrected chi connectivity index (χ0v) is 11.6. The number of aromatic nitrogens is 1. The first-order valence-electron chi connectivity index (χ1n) is 7.24. The van der Waals surface area contributed by atoms with Crippen molar-refractivity contribution in [2.45, 2.75) is 25.7 Å². The van der Waals surface area contributed by atoms with Crippen molar-refractivity contribution < 1.29 is 4.92 Å². The number of hydrogen-bond donors (Lipinski definition) is 2. The van der Waals surface area contributed by atoms with Crippen molar-refractivity contribution in [3.05, 3.63) is 22.2 Å². The molecule has 0 aliphatic heterocycles. The number of nitrogens with one attached hydrogen (secondary N) is 2. The fraction of sp³-hybridized carbons (Fsp3) is 0.643. The van der Waals surface area contributed by atoms with Gasteiger partial charge in [-0.1, -0.05) is 6.42 Å². The monoisotopic (exact) mass is 276 g/mol. The van der Waals surface area contributed by atoms with Crippen LogP contribution in [0.25, 0.3) is 0 Å². The predicted octanol–water partition coefficient (Wildman–Crippen LogP) is 2.88. The first kappa shape index (κ1) is 13.1. The van der Waals surface area contributed by atoms with Gasteiger partial charge in [-0.15, -0.1) is 0 Å². The maximum atomic E-state index is 11.1. The van der Waals surface area contributed by atoms with Crippen molar-refractivity contribution in [1.29, 1.82) is 0 Å². The fourth-order valence-electron chi connectivity index (χ4n) is 3.72. The van der Waals surface area contributed by atoms with Crippen molar-refractivity contribution in [3.8, 4) is 0 Å². The van der Waals surface area contributed by atoms with Crippen LogP contribution in [0.15, 0.2) is 12.1 Å². The van der Waals surface area contributed by atoms with E-state index >= 15 is 0 Å². The van der Waals surface area contributed by atoms with Gasteiger partial charge >= 0.3 is 5.69 Å². The summed E-state index contributed by atoms with van der Waals surface area (Å²) < 4.78 is 0. The summed E-state index contributed by atoms with van der Waals surface area (Å²) in [4.78, 5) is 14.9. The molecule has 20 heavy (non-hydrogen) atoms. The Balaban J connectivity index is 1.71. The Labute approximate surface area is 118 Å². The van der Waals surface area contributed by atoms with Crippen LogP contribution in [-0.4, -0.2) is 23.5 Å². The molecule has 2 N–H and O–H groups in total. The molecule has 108 valence electrons. The second-order valence-corrected chi connectivity index (χ2v) is 5.89. The fourth-order valence-corrected chi connectivity index (χ4v) is 3.72. The van der Waals surface area contributed by atoms with Crippen LogP contribution in [0.2, 0.25) is 0 Å². The highest BCUT2D eigenvalue weighted by molar-refractivity contribution is 5.60. The Bertz CT molecular complexity index is 520. The highest BCUT2D eigenvalue weighted by Gasteiger charge is 2.39. The summed E-state index contributed by atoms with van der Waals surface area (Å²) in [6, 6.07) is 3.13. The van der Waals surface area contributed by atoms with E-state index in [-0.39, 0.29) is 10.6 Å². The summed E-state index contributed by atoms with van der Waals surface area (Å²) in [5.41, 5.74) is 0.0483. The van der Waals surface area contributed by atoms with Crippen molar-refractivity contribution in [2.24, 2.45) is 17.8 Å². The molecule has 2 saturated carbocycles. The summed E-state index contributed by atoms with van der Waals surface area (Å²) in [5, 5.41) is 17.2. The minimum absolute atomic E-state index is 0.0483. The molecule has 1 aromatic heterocycles. The van der Waals surface area contributed by atoms with E-state index < -0.39 is 0 Å². The quantitative estimate of drug-likeness (QED) is 0.638. The largest absolute Gasteiger partial charge is 0.373 e.